The second kappa shape index (κ2) is 4.06. The Hall–Kier alpha value is -1.08. The molecule has 2 N–H and O–H groups in total. The van der Waals surface area contributed by atoms with Crippen LogP contribution in [0.3, 0.4) is 0 Å². The Bertz CT molecular complexity index is 468. The van der Waals surface area contributed by atoms with E-state index in [1.807, 2.05) is 11.9 Å². The zero-order valence-corrected chi connectivity index (χ0v) is 9.90. The van der Waals surface area contributed by atoms with Crippen LogP contribution in [0.15, 0.2) is 10.6 Å². The number of hydrogen-bond donors (Lipinski definition) is 1. The monoisotopic (exact) mass is 245 g/mol. The van der Waals surface area contributed by atoms with E-state index in [1.165, 1.54) is 0 Å². The van der Waals surface area contributed by atoms with E-state index in [4.69, 9.17) is 10.3 Å². The van der Waals surface area contributed by atoms with Gasteiger partial charge in [0.2, 0.25) is 0 Å². The molecule has 16 heavy (non-hydrogen) atoms. The standard InChI is InChI=1S/C9H15N3O3S/c1-12(5-8-4-9(10)11-15-8)7-2-3-16(13,14)6-7/h4,7H,2-3,5-6H2,1H3,(H2,10,11). The van der Waals surface area contributed by atoms with E-state index in [-0.39, 0.29) is 17.5 Å². The van der Waals surface area contributed by atoms with Crippen LogP contribution in [0.25, 0.3) is 0 Å². The first kappa shape index (κ1) is 11.4. The first-order chi connectivity index (χ1) is 7.46. The van der Waals surface area contributed by atoms with Crippen molar-refractivity contribution < 1.29 is 12.9 Å². The summed E-state index contributed by atoms with van der Waals surface area (Å²) in [6.07, 6.45) is 0.683. The summed E-state index contributed by atoms with van der Waals surface area (Å²) >= 11 is 0. The second-order valence-electron chi connectivity index (χ2n) is 4.19. The number of nitrogens with zero attached hydrogens (tertiary/aromatic N) is 2. The van der Waals surface area contributed by atoms with Gasteiger partial charge in [-0.3, -0.25) is 4.90 Å². The third-order valence-corrected chi connectivity index (χ3v) is 4.56. The van der Waals surface area contributed by atoms with Gasteiger partial charge in [-0.25, -0.2) is 8.42 Å². The van der Waals surface area contributed by atoms with Crippen molar-refractivity contribution in [3.63, 3.8) is 0 Å². The molecular formula is C9H15N3O3S. The molecule has 1 aliphatic heterocycles. The van der Waals surface area contributed by atoms with Crippen LogP contribution >= 0.6 is 0 Å². The van der Waals surface area contributed by atoms with Crippen LogP contribution in [-0.2, 0) is 16.4 Å². The van der Waals surface area contributed by atoms with E-state index in [0.717, 1.165) is 0 Å². The summed E-state index contributed by atoms with van der Waals surface area (Å²) in [5, 5.41) is 3.58. The van der Waals surface area contributed by atoms with E-state index in [2.05, 4.69) is 5.16 Å². The number of anilines is 1. The molecule has 6 nitrogen and oxygen atoms in total. The molecule has 0 aromatic carbocycles. The van der Waals surface area contributed by atoms with Gasteiger partial charge in [-0.05, 0) is 13.5 Å². The lowest BCUT2D eigenvalue weighted by molar-refractivity contribution is 0.222. The van der Waals surface area contributed by atoms with Crippen molar-refractivity contribution in [3.05, 3.63) is 11.8 Å². The minimum absolute atomic E-state index is 0.0660. The van der Waals surface area contributed by atoms with Gasteiger partial charge < -0.3 is 10.3 Å². The average molecular weight is 245 g/mol. The zero-order chi connectivity index (χ0) is 11.8. The number of sulfone groups is 1. The third-order valence-electron chi connectivity index (χ3n) is 2.81. The average Bonchev–Trinajstić information content (AvgIpc) is 2.72. The topological polar surface area (TPSA) is 89.4 Å². The summed E-state index contributed by atoms with van der Waals surface area (Å²) in [5.74, 6) is 1.51. The first-order valence-corrected chi connectivity index (χ1v) is 6.90. The molecule has 1 saturated heterocycles. The maximum absolute atomic E-state index is 11.3. The van der Waals surface area contributed by atoms with E-state index < -0.39 is 9.84 Å². The second-order valence-corrected chi connectivity index (χ2v) is 6.42. The Morgan fingerprint density at radius 2 is 2.44 bits per heavy atom. The molecule has 1 fully saturated rings. The van der Waals surface area contributed by atoms with Gasteiger partial charge in [-0.15, -0.1) is 0 Å². The van der Waals surface area contributed by atoms with Crippen LogP contribution in [0, 0.1) is 0 Å². The summed E-state index contributed by atoms with van der Waals surface area (Å²) in [7, 11) is -0.961. The van der Waals surface area contributed by atoms with Gasteiger partial charge in [0.05, 0.1) is 18.1 Å². The molecule has 0 saturated carbocycles. The Kier molecular flexibility index (Phi) is 2.90. The highest BCUT2D eigenvalue weighted by molar-refractivity contribution is 7.91. The lowest BCUT2D eigenvalue weighted by Crippen LogP contribution is -2.31. The number of hydrogen-bond acceptors (Lipinski definition) is 6. The Labute approximate surface area is 94.3 Å². The number of rotatable bonds is 3. The summed E-state index contributed by atoms with van der Waals surface area (Å²) in [6.45, 7) is 0.532. The first-order valence-electron chi connectivity index (χ1n) is 5.08. The van der Waals surface area contributed by atoms with Crippen molar-refractivity contribution >= 4 is 15.7 Å². The molecule has 2 rings (SSSR count). The van der Waals surface area contributed by atoms with E-state index in [0.29, 0.717) is 24.5 Å². The molecule has 1 atom stereocenters. The molecule has 0 radical (unpaired) electrons. The Morgan fingerprint density at radius 1 is 1.69 bits per heavy atom. The fourth-order valence-corrected chi connectivity index (χ4v) is 3.71. The highest BCUT2D eigenvalue weighted by Crippen LogP contribution is 2.18. The highest BCUT2D eigenvalue weighted by Gasteiger charge is 2.30. The molecule has 1 aliphatic rings. The lowest BCUT2D eigenvalue weighted by atomic mass is 10.2. The third kappa shape index (κ3) is 2.53. The molecule has 7 heteroatoms. The minimum atomic E-state index is -2.84. The van der Waals surface area contributed by atoms with Crippen molar-refractivity contribution in [2.24, 2.45) is 0 Å². The molecule has 1 aromatic heterocycles. The molecule has 0 spiro atoms. The van der Waals surface area contributed by atoms with Gasteiger partial charge in [0.1, 0.15) is 0 Å². The molecule has 2 heterocycles. The maximum Gasteiger partial charge on any atom is 0.167 e. The SMILES string of the molecule is CN(Cc1cc(N)no1)C1CCS(=O)(=O)C1. The molecule has 0 amide bonds. The predicted molar refractivity (Wildman–Crippen MR) is 59.4 cm³/mol. The van der Waals surface area contributed by atoms with Crippen molar-refractivity contribution in [2.45, 2.75) is 19.0 Å². The molecule has 1 unspecified atom stereocenters. The molecular weight excluding hydrogens is 230 g/mol. The van der Waals surface area contributed by atoms with E-state index >= 15 is 0 Å². The normalized spacial score (nSPS) is 24.0. The van der Waals surface area contributed by atoms with Gasteiger partial charge in [0.25, 0.3) is 0 Å². The molecule has 0 bridgehead atoms. The lowest BCUT2D eigenvalue weighted by Gasteiger charge is -2.21. The van der Waals surface area contributed by atoms with Crippen molar-refractivity contribution in [1.29, 1.82) is 0 Å². The maximum atomic E-state index is 11.3. The van der Waals surface area contributed by atoms with Crippen LogP contribution in [0.5, 0.6) is 0 Å². The highest BCUT2D eigenvalue weighted by atomic mass is 32.2. The van der Waals surface area contributed by atoms with Crippen LogP contribution in [-0.4, -0.2) is 43.1 Å². The van der Waals surface area contributed by atoms with Crippen molar-refractivity contribution in [2.75, 3.05) is 24.3 Å². The quantitative estimate of drug-likeness (QED) is 0.798. The zero-order valence-electron chi connectivity index (χ0n) is 9.09. The fraction of sp³-hybridized carbons (Fsp3) is 0.667. The van der Waals surface area contributed by atoms with Crippen molar-refractivity contribution in [3.8, 4) is 0 Å². The van der Waals surface area contributed by atoms with Gasteiger partial charge >= 0.3 is 0 Å². The molecule has 0 aliphatic carbocycles. The van der Waals surface area contributed by atoms with Crippen LogP contribution < -0.4 is 5.73 Å². The van der Waals surface area contributed by atoms with Crippen LogP contribution in [0.4, 0.5) is 5.82 Å². The largest absolute Gasteiger partial charge is 0.381 e. The summed E-state index contributed by atoms with van der Waals surface area (Å²) in [6, 6.07) is 1.72. The number of nitrogens with two attached hydrogens (primary N) is 1. The van der Waals surface area contributed by atoms with Crippen molar-refractivity contribution in [1.82, 2.24) is 10.1 Å². The fourth-order valence-electron chi connectivity index (χ4n) is 1.90. The van der Waals surface area contributed by atoms with Crippen LogP contribution in [0.1, 0.15) is 12.2 Å². The summed E-state index contributed by atoms with van der Waals surface area (Å²) < 4.78 is 27.6. The molecule has 1 aromatic rings. The summed E-state index contributed by atoms with van der Waals surface area (Å²) in [5.41, 5.74) is 5.43. The van der Waals surface area contributed by atoms with Gasteiger partial charge in [0, 0.05) is 12.1 Å². The Balaban J connectivity index is 1.96. The number of nitrogen functional groups attached to an aromatic ring is 1. The minimum Gasteiger partial charge on any atom is -0.381 e. The predicted octanol–water partition coefficient (Wildman–Crippen LogP) is -0.124. The van der Waals surface area contributed by atoms with E-state index in [9.17, 15) is 8.42 Å². The van der Waals surface area contributed by atoms with Gasteiger partial charge in [-0.1, -0.05) is 5.16 Å². The number of aromatic nitrogens is 1. The van der Waals surface area contributed by atoms with E-state index in [1.54, 1.807) is 6.07 Å². The Morgan fingerprint density at radius 3 is 2.94 bits per heavy atom. The van der Waals surface area contributed by atoms with Gasteiger partial charge in [0.15, 0.2) is 21.4 Å². The summed E-state index contributed by atoms with van der Waals surface area (Å²) in [4.78, 5) is 1.96. The van der Waals surface area contributed by atoms with Crippen LogP contribution in [0.2, 0.25) is 0 Å². The van der Waals surface area contributed by atoms with Gasteiger partial charge in [-0.2, -0.15) is 0 Å². The molecule has 90 valence electrons. The smallest absolute Gasteiger partial charge is 0.167 e.